The first-order valence-corrected chi connectivity index (χ1v) is 5.76. The molecule has 1 atom stereocenters. The van der Waals surface area contributed by atoms with E-state index in [4.69, 9.17) is 22.4 Å². The number of hydrogen-bond acceptors (Lipinski definition) is 3. The summed E-state index contributed by atoms with van der Waals surface area (Å²) in [5.41, 5.74) is 7.57. The summed E-state index contributed by atoms with van der Waals surface area (Å²) in [4.78, 5) is 10.8. The van der Waals surface area contributed by atoms with Crippen LogP contribution in [-0.4, -0.2) is 27.1 Å². The lowest BCUT2D eigenvalue weighted by atomic mass is 10.0. The number of rotatable bonds is 3. The molecule has 18 heavy (non-hydrogen) atoms. The molecule has 1 aromatic carbocycles. The molecule has 0 amide bonds. The highest BCUT2D eigenvalue weighted by Gasteiger charge is 2.18. The van der Waals surface area contributed by atoms with Gasteiger partial charge in [-0.2, -0.15) is 4.73 Å². The maximum atomic E-state index is 10.8. The van der Waals surface area contributed by atoms with E-state index in [1.165, 1.54) is 6.20 Å². The van der Waals surface area contributed by atoms with Crippen LogP contribution in [0.5, 0.6) is 0 Å². The third-order valence-electron chi connectivity index (χ3n) is 2.92. The first kappa shape index (κ1) is 12.7. The molecule has 0 fully saturated rings. The minimum Gasteiger partial charge on any atom is -0.480 e. The minimum atomic E-state index is -1.08. The van der Waals surface area contributed by atoms with E-state index >= 15 is 0 Å². The summed E-state index contributed by atoms with van der Waals surface area (Å²) in [5, 5.41) is 19.8. The topological polar surface area (TPSA) is 88.5 Å². The average molecular weight is 269 g/mol. The van der Waals surface area contributed by atoms with Gasteiger partial charge in [0.15, 0.2) is 0 Å². The van der Waals surface area contributed by atoms with Crippen molar-refractivity contribution in [3.8, 4) is 0 Å². The van der Waals surface area contributed by atoms with E-state index in [-0.39, 0.29) is 6.42 Å². The lowest BCUT2D eigenvalue weighted by molar-refractivity contribution is -0.138. The molecule has 0 aliphatic heterocycles. The molecule has 1 heterocycles. The first-order chi connectivity index (χ1) is 8.41. The van der Waals surface area contributed by atoms with Crippen LogP contribution < -0.4 is 5.73 Å². The Morgan fingerprint density at radius 3 is 2.83 bits per heavy atom. The van der Waals surface area contributed by atoms with Crippen molar-refractivity contribution in [2.45, 2.75) is 19.4 Å². The average Bonchev–Trinajstić information content (AvgIpc) is 2.62. The van der Waals surface area contributed by atoms with Crippen LogP contribution >= 0.6 is 11.6 Å². The van der Waals surface area contributed by atoms with Crippen molar-refractivity contribution in [1.82, 2.24) is 4.73 Å². The van der Waals surface area contributed by atoms with Gasteiger partial charge in [0.2, 0.25) is 0 Å². The van der Waals surface area contributed by atoms with Crippen LogP contribution in [0.2, 0.25) is 5.02 Å². The van der Waals surface area contributed by atoms with Crippen molar-refractivity contribution < 1.29 is 15.1 Å². The Morgan fingerprint density at radius 1 is 1.56 bits per heavy atom. The molecular weight excluding hydrogens is 256 g/mol. The number of halogens is 1. The summed E-state index contributed by atoms with van der Waals surface area (Å²) in [7, 11) is 0. The van der Waals surface area contributed by atoms with Gasteiger partial charge < -0.3 is 16.0 Å². The lowest BCUT2D eigenvalue weighted by Gasteiger charge is -2.06. The van der Waals surface area contributed by atoms with Gasteiger partial charge in [-0.3, -0.25) is 4.79 Å². The highest BCUT2D eigenvalue weighted by molar-refractivity contribution is 6.35. The van der Waals surface area contributed by atoms with Gasteiger partial charge >= 0.3 is 5.97 Å². The quantitative estimate of drug-likeness (QED) is 0.741. The van der Waals surface area contributed by atoms with Crippen LogP contribution in [0.1, 0.15) is 11.1 Å². The molecule has 1 unspecified atom stereocenters. The first-order valence-electron chi connectivity index (χ1n) is 5.38. The molecular formula is C12H13ClN2O3. The number of aliphatic carboxylic acids is 1. The molecule has 2 aromatic rings. The van der Waals surface area contributed by atoms with E-state index in [1.54, 1.807) is 6.07 Å². The zero-order chi connectivity index (χ0) is 13.4. The van der Waals surface area contributed by atoms with E-state index < -0.39 is 12.0 Å². The molecule has 1 aromatic heterocycles. The third kappa shape index (κ3) is 2.02. The molecule has 6 heteroatoms. The highest BCUT2D eigenvalue weighted by atomic mass is 35.5. The number of aryl methyl sites for hydroxylation is 1. The predicted molar refractivity (Wildman–Crippen MR) is 68.2 cm³/mol. The molecule has 0 saturated carbocycles. The van der Waals surface area contributed by atoms with Crippen molar-refractivity contribution >= 4 is 28.5 Å². The lowest BCUT2D eigenvalue weighted by Crippen LogP contribution is -2.32. The van der Waals surface area contributed by atoms with Crippen molar-refractivity contribution in [3.05, 3.63) is 34.5 Å². The Balaban J connectivity index is 2.59. The molecule has 0 radical (unpaired) electrons. The number of benzene rings is 1. The number of carboxylic acids is 1. The smallest absolute Gasteiger partial charge is 0.320 e. The van der Waals surface area contributed by atoms with Crippen molar-refractivity contribution in [3.63, 3.8) is 0 Å². The van der Waals surface area contributed by atoms with Crippen molar-refractivity contribution in [2.24, 2.45) is 5.73 Å². The molecule has 0 bridgehead atoms. The zero-order valence-corrected chi connectivity index (χ0v) is 10.5. The largest absolute Gasteiger partial charge is 0.480 e. The maximum Gasteiger partial charge on any atom is 0.320 e. The number of fused-ring (bicyclic) bond motifs is 1. The Morgan fingerprint density at radius 2 is 2.22 bits per heavy atom. The molecule has 2 rings (SSSR count). The van der Waals surface area contributed by atoms with Crippen LogP contribution in [0, 0.1) is 6.92 Å². The van der Waals surface area contributed by atoms with Crippen molar-refractivity contribution in [2.75, 3.05) is 0 Å². The van der Waals surface area contributed by atoms with Gasteiger partial charge in [-0.25, -0.2) is 0 Å². The van der Waals surface area contributed by atoms with E-state index in [9.17, 15) is 10.0 Å². The summed E-state index contributed by atoms with van der Waals surface area (Å²) in [5.74, 6) is -1.08. The second-order valence-corrected chi connectivity index (χ2v) is 4.64. The fourth-order valence-electron chi connectivity index (χ4n) is 2.05. The highest BCUT2D eigenvalue weighted by Crippen LogP contribution is 2.30. The monoisotopic (exact) mass is 268 g/mol. The second-order valence-electron chi connectivity index (χ2n) is 4.24. The maximum absolute atomic E-state index is 10.8. The molecule has 0 saturated heterocycles. The fraction of sp³-hybridized carbons (Fsp3) is 0.250. The molecule has 96 valence electrons. The van der Waals surface area contributed by atoms with Gasteiger partial charge in [-0.15, -0.1) is 0 Å². The Labute approximate surface area is 108 Å². The number of nitrogens with zero attached hydrogens (tertiary/aromatic N) is 1. The number of aromatic nitrogens is 1. The van der Waals surface area contributed by atoms with E-state index in [0.29, 0.717) is 16.1 Å². The number of carboxylic acid groups (broad SMARTS) is 1. The Kier molecular flexibility index (Phi) is 3.19. The summed E-state index contributed by atoms with van der Waals surface area (Å²) >= 11 is 6.02. The number of nitrogens with two attached hydrogens (primary N) is 1. The molecule has 5 nitrogen and oxygen atoms in total. The molecule has 0 spiro atoms. The summed E-state index contributed by atoms with van der Waals surface area (Å²) in [6, 6.07) is 2.50. The van der Waals surface area contributed by atoms with Crippen LogP contribution in [0.15, 0.2) is 18.3 Å². The van der Waals surface area contributed by atoms with Crippen LogP contribution in [0.25, 0.3) is 10.9 Å². The molecule has 0 aliphatic rings. The SMILES string of the molecule is Cc1ccc(Cl)c2c1c(CC(N)C(=O)O)cn2O. The van der Waals surface area contributed by atoms with Gasteiger partial charge in [0.1, 0.15) is 11.6 Å². The number of hydrogen-bond donors (Lipinski definition) is 3. The third-order valence-corrected chi connectivity index (χ3v) is 3.23. The predicted octanol–water partition coefficient (Wildman–Crippen LogP) is 1.79. The number of carbonyl (C=O) groups is 1. The van der Waals surface area contributed by atoms with Gasteiger partial charge in [-0.1, -0.05) is 17.7 Å². The van der Waals surface area contributed by atoms with Gasteiger partial charge in [0.05, 0.1) is 5.02 Å². The van der Waals surface area contributed by atoms with Crippen LogP contribution in [0.3, 0.4) is 0 Å². The normalized spacial score (nSPS) is 12.8. The van der Waals surface area contributed by atoms with Gasteiger partial charge in [-0.05, 0) is 24.1 Å². The summed E-state index contributed by atoms with van der Waals surface area (Å²) in [6.07, 6.45) is 1.59. The fourth-order valence-corrected chi connectivity index (χ4v) is 2.30. The zero-order valence-electron chi connectivity index (χ0n) is 9.72. The van der Waals surface area contributed by atoms with E-state index in [1.807, 2.05) is 13.0 Å². The standard InChI is InChI=1S/C12H13ClN2O3/c1-6-2-3-8(13)11-10(6)7(5-15(11)18)4-9(14)12(16)17/h2-3,5,9,18H,4,14H2,1H3,(H,16,17). The Hall–Kier alpha value is -1.72. The van der Waals surface area contributed by atoms with E-state index in [2.05, 4.69) is 0 Å². The second kappa shape index (κ2) is 4.51. The summed E-state index contributed by atoms with van der Waals surface area (Å²) in [6.45, 7) is 1.87. The van der Waals surface area contributed by atoms with Crippen LogP contribution in [-0.2, 0) is 11.2 Å². The van der Waals surface area contributed by atoms with Crippen molar-refractivity contribution in [1.29, 1.82) is 0 Å². The minimum absolute atomic E-state index is 0.139. The molecule has 0 aliphatic carbocycles. The Bertz CT molecular complexity index is 621. The van der Waals surface area contributed by atoms with Gasteiger partial charge in [0.25, 0.3) is 0 Å². The summed E-state index contributed by atoms with van der Waals surface area (Å²) < 4.78 is 0.911. The van der Waals surface area contributed by atoms with Gasteiger partial charge in [0, 0.05) is 18.0 Å². The molecule has 4 N–H and O–H groups in total. The van der Waals surface area contributed by atoms with Crippen LogP contribution in [0.4, 0.5) is 0 Å². The van der Waals surface area contributed by atoms with E-state index in [0.717, 1.165) is 15.7 Å².